The van der Waals surface area contributed by atoms with E-state index in [-0.39, 0.29) is 0 Å². The van der Waals surface area contributed by atoms with Gasteiger partial charge in [-0.05, 0) is 31.1 Å². The van der Waals surface area contributed by atoms with Crippen molar-refractivity contribution in [1.29, 1.82) is 0 Å². The molecular weight excluding hydrogens is 172 g/mol. The molecule has 1 nitrogen and oxygen atoms in total. The fourth-order valence-corrected chi connectivity index (χ4v) is 2.95. The lowest BCUT2D eigenvalue weighted by Gasteiger charge is -2.32. The van der Waals surface area contributed by atoms with Crippen LogP contribution in [0.5, 0.6) is 0 Å². The zero-order chi connectivity index (χ0) is 9.97. The summed E-state index contributed by atoms with van der Waals surface area (Å²) in [5.74, 6) is 2.13. The second kappa shape index (κ2) is 4.29. The van der Waals surface area contributed by atoms with Gasteiger partial charge in [0.1, 0.15) is 5.78 Å². The SMILES string of the molecule is CCCC1CC=C2CC(=O)CCC2C1. The zero-order valence-electron chi connectivity index (χ0n) is 9.09. The van der Waals surface area contributed by atoms with E-state index in [1.807, 2.05) is 0 Å². The summed E-state index contributed by atoms with van der Waals surface area (Å²) in [7, 11) is 0. The van der Waals surface area contributed by atoms with Crippen LogP contribution in [0.25, 0.3) is 0 Å². The van der Waals surface area contributed by atoms with Gasteiger partial charge in [0.15, 0.2) is 0 Å². The van der Waals surface area contributed by atoms with Gasteiger partial charge in [0.2, 0.25) is 0 Å². The Kier molecular flexibility index (Phi) is 3.05. The van der Waals surface area contributed by atoms with Crippen molar-refractivity contribution < 1.29 is 4.79 Å². The predicted molar refractivity (Wildman–Crippen MR) is 58.1 cm³/mol. The highest BCUT2D eigenvalue weighted by Crippen LogP contribution is 2.38. The molecule has 2 unspecified atom stereocenters. The van der Waals surface area contributed by atoms with Crippen LogP contribution in [0.2, 0.25) is 0 Å². The Morgan fingerprint density at radius 2 is 2.36 bits per heavy atom. The van der Waals surface area contributed by atoms with E-state index in [9.17, 15) is 4.79 Å². The fourth-order valence-electron chi connectivity index (χ4n) is 2.95. The van der Waals surface area contributed by atoms with Crippen LogP contribution in [0, 0.1) is 11.8 Å². The monoisotopic (exact) mass is 192 g/mol. The van der Waals surface area contributed by atoms with Gasteiger partial charge in [0.05, 0.1) is 0 Å². The molecule has 0 aromatic carbocycles. The largest absolute Gasteiger partial charge is 0.299 e. The van der Waals surface area contributed by atoms with Gasteiger partial charge in [-0.1, -0.05) is 31.4 Å². The molecule has 0 aromatic rings. The molecule has 0 radical (unpaired) electrons. The van der Waals surface area contributed by atoms with Crippen molar-refractivity contribution in [3.05, 3.63) is 11.6 Å². The highest BCUT2D eigenvalue weighted by Gasteiger charge is 2.28. The normalized spacial score (nSPS) is 32.4. The van der Waals surface area contributed by atoms with Gasteiger partial charge in [-0.2, -0.15) is 0 Å². The molecule has 0 amide bonds. The Labute approximate surface area is 86.6 Å². The molecule has 0 heterocycles. The number of hydrogen-bond donors (Lipinski definition) is 0. The van der Waals surface area contributed by atoms with Crippen LogP contribution in [0.4, 0.5) is 0 Å². The fraction of sp³-hybridized carbons (Fsp3) is 0.769. The molecule has 2 aliphatic carbocycles. The van der Waals surface area contributed by atoms with Gasteiger partial charge < -0.3 is 0 Å². The molecule has 1 heteroatoms. The van der Waals surface area contributed by atoms with Gasteiger partial charge in [-0.25, -0.2) is 0 Å². The summed E-state index contributed by atoms with van der Waals surface area (Å²) in [6.45, 7) is 2.27. The topological polar surface area (TPSA) is 17.1 Å². The molecule has 2 atom stereocenters. The summed E-state index contributed by atoms with van der Waals surface area (Å²) in [5, 5.41) is 0. The van der Waals surface area contributed by atoms with Crippen molar-refractivity contribution in [3.8, 4) is 0 Å². The van der Waals surface area contributed by atoms with Crippen molar-refractivity contribution in [2.75, 3.05) is 0 Å². The maximum absolute atomic E-state index is 11.3. The molecule has 2 aliphatic rings. The van der Waals surface area contributed by atoms with Crippen LogP contribution in [-0.2, 0) is 4.79 Å². The van der Waals surface area contributed by atoms with Crippen LogP contribution in [-0.4, -0.2) is 5.78 Å². The molecule has 1 saturated carbocycles. The predicted octanol–water partition coefficient (Wildman–Crippen LogP) is 3.49. The molecule has 2 rings (SSSR count). The van der Waals surface area contributed by atoms with Crippen LogP contribution in [0.1, 0.15) is 51.9 Å². The van der Waals surface area contributed by atoms with Gasteiger partial charge in [0, 0.05) is 12.8 Å². The number of hydrogen-bond acceptors (Lipinski definition) is 1. The number of rotatable bonds is 2. The third-order valence-corrected chi connectivity index (χ3v) is 3.73. The van der Waals surface area contributed by atoms with Gasteiger partial charge >= 0.3 is 0 Å². The number of Topliss-reactive ketones (excluding diaryl/α,β-unsaturated/α-hetero) is 1. The maximum Gasteiger partial charge on any atom is 0.136 e. The van der Waals surface area contributed by atoms with Gasteiger partial charge in [0.25, 0.3) is 0 Å². The van der Waals surface area contributed by atoms with Gasteiger partial charge in [-0.3, -0.25) is 4.79 Å². The van der Waals surface area contributed by atoms with E-state index in [1.54, 1.807) is 0 Å². The van der Waals surface area contributed by atoms with E-state index < -0.39 is 0 Å². The van der Waals surface area contributed by atoms with Crippen molar-refractivity contribution in [3.63, 3.8) is 0 Å². The molecule has 14 heavy (non-hydrogen) atoms. The van der Waals surface area contributed by atoms with Crippen LogP contribution < -0.4 is 0 Å². The zero-order valence-corrected chi connectivity index (χ0v) is 9.09. The summed E-state index contributed by atoms with van der Waals surface area (Å²) < 4.78 is 0. The molecular formula is C13H20O. The molecule has 0 aliphatic heterocycles. The van der Waals surface area contributed by atoms with E-state index in [1.165, 1.54) is 31.3 Å². The molecule has 0 spiro atoms. The maximum atomic E-state index is 11.3. The minimum absolute atomic E-state index is 0.460. The summed E-state index contributed by atoms with van der Waals surface area (Å²) >= 11 is 0. The van der Waals surface area contributed by atoms with Crippen molar-refractivity contribution in [1.82, 2.24) is 0 Å². The summed E-state index contributed by atoms with van der Waals surface area (Å²) in [5.41, 5.74) is 1.47. The molecule has 0 N–H and O–H groups in total. The Morgan fingerprint density at radius 1 is 1.50 bits per heavy atom. The highest BCUT2D eigenvalue weighted by molar-refractivity contribution is 5.82. The average molecular weight is 192 g/mol. The second-order valence-corrected chi connectivity index (χ2v) is 4.86. The molecule has 1 fully saturated rings. The first-order valence-electron chi connectivity index (χ1n) is 6.00. The first-order chi connectivity index (χ1) is 6.79. The smallest absolute Gasteiger partial charge is 0.136 e. The number of fused-ring (bicyclic) bond motifs is 1. The van der Waals surface area contributed by atoms with Crippen molar-refractivity contribution in [2.24, 2.45) is 11.8 Å². The molecule has 0 aromatic heterocycles. The van der Waals surface area contributed by atoms with Crippen molar-refractivity contribution in [2.45, 2.75) is 51.9 Å². The van der Waals surface area contributed by atoms with Gasteiger partial charge in [-0.15, -0.1) is 0 Å². The summed E-state index contributed by atoms with van der Waals surface area (Å²) in [4.78, 5) is 11.3. The van der Waals surface area contributed by atoms with Crippen molar-refractivity contribution >= 4 is 5.78 Å². The lowest BCUT2D eigenvalue weighted by Crippen LogP contribution is -2.23. The quantitative estimate of drug-likeness (QED) is 0.612. The summed E-state index contributed by atoms with van der Waals surface area (Å²) in [6, 6.07) is 0. The number of ketones is 1. The third-order valence-electron chi connectivity index (χ3n) is 3.73. The van der Waals surface area contributed by atoms with Crippen LogP contribution >= 0.6 is 0 Å². The lowest BCUT2D eigenvalue weighted by molar-refractivity contribution is -0.119. The van der Waals surface area contributed by atoms with Crippen LogP contribution in [0.15, 0.2) is 11.6 Å². The van der Waals surface area contributed by atoms with Crippen LogP contribution in [0.3, 0.4) is 0 Å². The second-order valence-electron chi connectivity index (χ2n) is 4.86. The Bertz CT molecular complexity index is 252. The summed E-state index contributed by atoms with van der Waals surface area (Å²) in [6.07, 6.45) is 10.4. The molecule has 0 bridgehead atoms. The third kappa shape index (κ3) is 2.08. The minimum Gasteiger partial charge on any atom is -0.299 e. The number of allylic oxidation sites excluding steroid dienone is 2. The number of carbonyl (C=O) groups excluding carboxylic acids is 1. The highest BCUT2D eigenvalue weighted by atomic mass is 16.1. The Morgan fingerprint density at radius 3 is 3.14 bits per heavy atom. The first-order valence-corrected chi connectivity index (χ1v) is 6.00. The minimum atomic E-state index is 0.460. The standard InChI is InChI=1S/C13H20O/c1-2-3-10-4-5-12-9-13(14)7-6-11(12)8-10/h5,10-11H,2-4,6-9H2,1H3. The van der Waals surface area contributed by atoms with E-state index in [0.717, 1.165) is 31.1 Å². The Balaban J connectivity index is 1.99. The number of carbonyl (C=O) groups is 1. The first kappa shape index (κ1) is 9.95. The molecule has 78 valence electrons. The van der Waals surface area contributed by atoms with E-state index >= 15 is 0 Å². The Hall–Kier alpha value is -0.590. The van der Waals surface area contributed by atoms with E-state index in [4.69, 9.17) is 0 Å². The average Bonchev–Trinajstić information content (AvgIpc) is 2.19. The lowest BCUT2D eigenvalue weighted by atomic mass is 9.72. The molecule has 0 saturated heterocycles. The van der Waals surface area contributed by atoms with E-state index in [2.05, 4.69) is 13.0 Å². The van der Waals surface area contributed by atoms with E-state index in [0.29, 0.717) is 5.78 Å².